The Hall–Kier alpha value is -1.63. The molecule has 0 aromatic heterocycles. The average Bonchev–Trinajstić information content (AvgIpc) is 2.53. The number of hydrogen-bond acceptors (Lipinski definition) is 4. The first-order chi connectivity index (χ1) is 11.9. The second kappa shape index (κ2) is 9.75. The van der Waals surface area contributed by atoms with Crippen molar-refractivity contribution in [1.82, 2.24) is 15.1 Å². The van der Waals surface area contributed by atoms with Crippen LogP contribution in [0.2, 0.25) is 5.02 Å². The summed E-state index contributed by atoms with van der Waals surface area (Å²) in [5, 5.41) is 6.38. The van der Waals surface area contributed by atoms with E-state index in [2.05, 4.69) is 20.4 Å². The maximum Gasteiger partial charge on any atom is 0.234 e. The zero-order valence-electron chi connectivity index (χ0n) is 14.9. The van der Waals surface area contributed by atoms with Gasteiger partial charge in [0.05, 0.1) is 6.54 Å². The number of carbonyl (C=O) groups excluding carboxylic acids is 2. The Morgan fingerprint density at radius 2 is 1.80 bits per heavy atom. The molecule has 1 saturated heterocycles. The number of anilines is 1. The van der Waals surface area contributed by atoms with E-state index < -0.39 is 0 Å². The first kappa shape index (κ1) is 19.7. The smallest absolute Gasteiger partial charge is 0.234 e. The Labute approximate surface area is 154 Å². The summed E-state index contributed by atoms with van der Waals surface area (Å²) in [7, 11) is 0. The lowest BCUT2D eigenvalue weighted by Crippen LogP contribution is -2.50. The fraction of sp³-hybridized carbons (Fsp3) is 0.556. The summed E-state index contributed by atoms with van der Waals surface area (Å²) < 4.78 is 0. The van der Waals surface area contributed by atoms with Gasteiger partial charge in [0.1, 0.15) is 0 Å². The van der Waals surface area contributed by atoms with E-state index >= 15 is 0 Å². The van der Waals surface area contributed by atoms with Crippen LogP contribution in [-0.4, -0.2) is 66.9 Å². The summed E-state index contributed by atoms with van der Waals surface area (Å²) in [6.45, 7) is 8.54. The molecule has 1 aromatic rings. The molecule has 2 rings (SSSR count). The van der Waals surface area contributed by atoms with Crippen molar-refractivity contribution in [2.24, 2.45) is 0 Å². The van der Waals surface area contributed by atoms with E-state index in [9.17, 15) is 9.59 Å². The number of nitrogens with one attached hydrogen (secondary N) is 2. The number of carbonyl (C=O) groups is 2. The molecule has 2 amide bonds. The molecule has 0 atom stereocenters. The van der Waals surface area contributed by atoms with Gasteiger partial charge in [-0.05, 0) is 32.0 Å². The van der Waals surface area contributed by atoms with Crippen molar-refractivity contribution in [1.29, 1.82) is 0 Å². The third-order valence-electron chi connectivity index (χ3n) is 4.05. The van der Waals surface area contributed by atoms with Crippen LogP contribution < -0.4 is 10.6 Å². The van der Waals surface area contributed by atoms with Crippen LogP contribution in [0.15, 0.2) is 24.3 Å². The van der Waals surface area contributed by atoms with Crippen LogP contribution in [0.5, 0.6) is 0 Å². The van der Waals surface area contributed by atoms with E-state index in [1.165, 1.54) is 0 Å². The van der Waals surface area contributed by atoms with Gasteiger partial charge in [-0.25, -0.2) is 0 Å². The average molecular weight is 367 g/mol. The van der Waals surface area contributed by atoms with Crippen molar-refractivity contribution in [2.75, 3.05) is 44.6 Å². The second-order valence-electron chi connectivity index (χ2n) is 6.65. The zero-order chi connectivity index (χ0) is 18.2. The number of nitrogens with zero attached hydrogens (tertiary/aromatic N) is 2. The third kappa shape index (κ3) is 7.42. The molecule has 25 heavy (non-hydrogen) atoms. The summed E-state index contributed by atoms with van der Waals surface area (Å²) in [4.78, 5) is 28.2. The molecule has 138 valence electrons. The summed E-state index contributed by atoms with van der Waals surface area (Å²) in [6.07, 6.45) is 0.445. The van der Waals surface area contributed by atoms with Crippen molar-refractivity contribution in [3.8, 4) is 0 Å². The minimum absolute atomic E-state index is 0.0130. The molecule has 2 N–H and O–H groups in total. The molecule has 1 aliphatic rings. The largest absolute Gasteiger partial charge is 0.353 e. The molecular formula is C18H27ClN4O2. The Morgan fingerprint density at radius 3 is 2.44 bits per heavy atom. The highest BCUT2D eigenvalue weighted by atomic mass is 35.5. The first-order valence-corrected chi connectivity index (χ1v) is 9.09. The van der Waals surface area contributed by atoms with Gasteiger partial charge in [0.15, 0.2) is 0 Å². The number of hydrogen-bond donors (Lipinski definition) is 2. The number of halogens is 1. The fourth-order valence-electron chi connectivity index (χ4n) is 2.79. The van der Waals surface area contributed by atoms with Crippen LogP contribution in [0.1, 0.15) is 20.3 Å². The molecule has 1 aliphatic heterocycles. The maximum atomic E-state index is 12.0. The zero-order valence-corrected chi connectivity index (χ0v) is 15.7. The number of rotatable bonds is 7. The highest BCUT2D eigenvalue weighted by Crippen LogP contribution is 2.15. The van der Waals surface area contributed by atoms with Crippen LogP contribution in [0.3, 0.4) is 0 Å². The number of amides is 2. The van der Waals surface area contributed by atoms with E-state index in [4.69, 9.17) is 11.6 Å². The van der Waals surface area contributed by atoms with Gasteiger partial charge in [-0.15, -0.1) is 0 Å². The highest BCUT2D eigenvalue weighted by Gasteiger charge is 2.19. The van der Waals surface area contributed by atoms with Crippen molar-refractivity contribution < 1.29 is 9.59 Å². The Bertz CT molecular complexity index is 586. The van der Waals surface area contributed by atoms with Crippen LogP contribution in [-0.2, 0) is 9.59 Å². The van der Waals surface area contributed by atoms with Gasteiger partial charge in [0.2, 0.25) is 11.8 Å². The molecular weight excluding hydrogens is 340 g/mol. The van der Waals surface area contributed by atoms with Crippen LogP contribution >= 0.6 is 11.6 Å². The topological polar surface area (TPSA) is 64.7 Å². The van der Waals surface area contributed by atoms with Crippen molar-refractivity contribution in [3.63, 3.8) is 0 Å². The number of benzene rings is 1. The molecule has 0 unspecified atom stereocenters. The van der Waals surface area contributed by atoms with Crippen molar-refractivity contribution in [3.05, 3.63) is 29.3 Å². The molecule has 0 radical (unpaired) electrons. The van der Waals surface area contributed by atoms with Gasteiger partial charge in [-0.3, -0.25) is 14.5 Å². The van der Waals surface area contributed by atoms with E-state index in [1.54, 1.807) is 12.1 Å². The van der Waals surface area contributed by atoms with E-state index in [0.29, 0.717) is 18.0 Å². The van der Waals surface area contributed by atoms with Crippen molar-refractivity contribution in [2.45, 2.75) is 26.3 Å². The second-order valence-corrected chi connectivity index (χ2v) is 7.08. The molecule has 0 saturated carbocycles. The molecule has 0 aliphatic carbocycles. The molecule has 1 fully saturated rings. The normalized spacial score (nSPS) is 16.0. The predicted molar refractivity (Wildman–Crippen MR) is 101 cm³/mol. The summed E-state index contributed by atoms with van der Waals surface area (Å²) in [5.41, 5.74) is 0.721. The van der Waals surface area contributed by atoms with E-state index in [0.717, 1.165) is 38.4 Å². The molecule has 6 nitrogen and oxygen atoms in total. The van der Waals surface area contributed by atoms with Gasteiger partial charge < -0.3 is 15.5 Å². The van der Waals surface area contributed by atoms with Crippen LogP contribution in [0.4, 0.5) is 5.69 Å². The summed E-state index contributed by atoms with van der Waals surface area (Å²) in [5.74, 6) is 0.0605. The Morgan fingerprint density at radius 1 is 1.12 bits per heavy atom. The lowest BCUT2D eigenvalue weighted by atomic mass is 10.2. The van der Waals surface area contributed by atoms with Crippen LogP contribution in [0.25, 0.3) is 0 Å². The Kier molecular flexibility index (Phi) is 7.68. The SMILES string of the molecule is CC(C)NC(=O)CN1CCN(CCC(=O)Nc2cccc(Cl)c2)CC1. The summed E-state index contributed by atoms with van der Waals surface area (Å²) >= 11 is 5.91. The van der Waals surface area contributed by atoms with Gasteiger partial charge in [0, 0.05) is 55.9 Å². The van der Waals surface area contributed by atoms with E-state index in [-0.39, 0.29) is 17.9 Å². The lowest BCUT2D eigenvalue weighted by Gasteiger charge is -2.34. The maximum absolute atomic E-state index is 12.0. The first-order valence-electron chi connectivity index (χ1n) is 8.72. The minimum atomic E-state index is -0.0130. The standard InChI is InChI=1S/C18H27ClN4O2/c1-14(2)20-18(25)13-23-10-8-22(9-11-23)7-6-17(24)21-16-5-3-4-15(19)12-16/h3-5,12,14H,6-11,13H2,1-2H3,(H,20,25)(H,21,24). The monoisotopic (exact) mass is 366 g/mol. The fourth-order valence-corrected chi connectivity index (χ4v) is 2.98. The van der Waals surface area contributed by atoms with Crippen molar-refractivity contribution >= 4 is 29.1 Å². The molecule has 1 heterocycles. The molecule has 0 bridgehead atoms. The van der Waals surface area contributed by atoms with Gasteiger partial charge >= 0.3 is 0 Å². The van der Waals surface area contributed by atoms with Crippen LogP contribution in [0, 0.1) is 0 Å². The lowest BCUT2D eigenvalue weighted by molar-refractivity contribution is -0.123. The van der Waals surface area contributed by atoms with Gasteiger partial charge in [-0.1, -0.05) is 17.7 Å². The third-order valence-corrected chi connectivity index (χ3v) is 4.28. The predicted octanol–water partition coefficient (Wildman–Crippen LogP) is 1.81. The summed E-state index contributed by atoms with van der Waals surface area (Å²) in [6, 6.07) is 7.32. The highest BCUT2D eigenvalue weighted by molar-refractivity contribution is 6.30. The molecule has 7 heteroatoms. The minimum Gasteiger partial charge on any atom is -0.353 e. The number of piperazine rings is 1. The quantitative estimate of drug-likeness (QED) is 0.772. The molecule has 1 aromatic carbocycles. The van der Waals surface area contributed by atoms with E-state index in [1.807, 2.05) is 26.0 Å². The Balaban J connectivity index is 1.65. The van der Waals surface area contributed by atoms with Gasteiger partial charge in [-0.2, -0.15) is 0 Å². The molecule has 0 spiro atoms. The van der Waals surface area contributed by atoms with Gasteiger partial charge in [0.25, 0.3) is 0 Å².